The molecule has 2 rings (SSSR count). The standard InChI is InChI=1S/C11H12IN3O4S/c12-8-3-1-7(2-4-8)5-14-20(18,19)9-6-13-11(17)15-10(9)16/h1-4,9,14H,5-6H2,(H2,13,15,16,17). The van der Waals surface area contributed by atoms with Crippen LogP contribution >= 0.6 is 22.6 Å². The number of carbonyl (C=O) groups excluding carboxylic acids is 2. The maximum Gasteiger partial charge on any atom is 0.321 e. The summed E-state index contributed by atoms with van der Waals surface area (Å²) in [5, 5.41) is 2.90. The fourth-order valence-electron chi connectivity index (χ4n) is 1.65. The number of nitrogens with one attached hydrogen (secondary N) is 3. The number of halogens is 1. The molecule has 0 radical (unpaired) electrons. The summed E-state index contributed by atoms with van der Waals surface area (Å²) in [4.78, 5) is 22.4. The van der Waals surface area contributed by atoms with Gasteiger partial charge in [0, 0.05) is 16.7 Å². The van der Waals surface area contributed by atoms with Gasteiger partial charge in [-0.25, -0.2) is 17.9 Å². The van der Waals surface area contributed by atoms with Crippen molar-refractivity contribution in [1.29, 1.82) is 0 Å². The molecule has 1 fully saturated rings. The number of imide groups is 1. The van der Waals surface area contributed by atoms with Gasteiger partial charge in [-0.3, -0.25) is 10.1 Å². The van der Waals surface area contributed by atoms with Gasteiger partial charge in [0.25, 0.3) is 0 Å². The first kappa shape index (κ1) is 15.2. The molecule has 0 saturated carbocycles. The molecular weight excluding hydrogens is 397 g/mol. The molecule has 1 aliphatic rings. The molecule has 1 aromatic carbocycles. The molecule has 1 saturated heterocycles. The van der Waals surface area contributed by atoms with Gasteiger partial charge in [-0.1, -0.05) is 12.1 Å². The molecule has 3 N–H and O–H groups in total. The lowest BCUT2D eigenvalue weighted by Gasteiger charge is -2.22. The van der Waals surface area contributed by atoms with Crippen molar-refractivity contribution in [3.63, 3.8) is 0 Å². The maximum absolute atomic E-state index is 12.0. The second-order valence-corrected chi connectivity index (χ2v) is 7.37. The molecule has 9 heteroatoms. The highest BCUT2D eigenvalue weighted by Gasteiger charge is 2.36. The van der Waals surface area contributed by atoms with Crippen LogP contribution in [0, 0.1) is 3.57 Å². The molecule has 1 aliphatic heterocycles. The molecular formula is C11H12IN3O4S. The van der Waals surface area contributed by atoms with Gasteiger partial charge in [0.2, 0.25) is 15.9 Å². The van der Waals surface area contributed by atoms with Crippen molar-refractivity contribution in [3.05, 3.63) is 33.4 Å². The highest BCUT2D eigenvalue weighted by atomic mass is 127. The smallest absolute Gasteiger partial charge is 0.321 e. The van der Waals surface area contributed by atoms with E-state index in [4.69, 9.17) is 0 Å². The van der Waals surface area contributed by atoms with Gasteiger partial charge >= 0.3 is 6.03 Å². The Morgan fingerprint density at radius 1 is 1.25 bits per heavy atom. The molecule has 1 unspecified atom stereocenters. The number of urea groups is 1. The van der Waals surface area contributed by atoms with E-state index in [2.05, 4.69) is 32.6 Å². The molecule has 1 aromatic rings. The first-order valence-corrected chi connectivity index (χ1v) is 8.32. The number of sulfonamides is 1. The van der Waals surface area contributed by atoms with Gasteiger partial charge in [0.15, 0.2) is 5.25 Å². The number of hydrogen-bond donors (Lipinski definition) is 3. The van der Waals surface area contributed by atoms with E-state index in [1.165, 1.54) is 0 Å². The fraction of sp³-hybridized carbons (Fsp3) is 0.273. The van der Waals surface area contributed by atoms with E-state index in [1.54, 1.807) is 12.1 Å². The van der Waals surface area contributed by atoms with Crippen LogP contribution in [-0.4, -0.2) is 32.2 Å². The van der Waals surface area contributed by atoms with Crippen LogP contribution in [0.25, 0.3) is 0 Å². The Hall–Kier alpha value is -1.20. The summed E-state index contributed by atoms with van der Waals surface area (Å²) in [7, 11) is -3.84. The van der Waals surface area contributed by atoms with Crippen LogP contribution in [0.4, 0.5) is 4.79 Å². The largest absolute Gasteiger partial charge is 0.336 e. The van der Waals surface area contributed by atoms with E-state index in [9.17, 15) is 18.0 Å². The van der Waals surface area contributed by atoms with Gasteiger partial charge in [0.1, 0.15) is 0 Å². The van der Waals surface area contributed by atoms with Crippen molar-refractivity contribution in [2.75, 3.05) is 6.54 Å². The van der Waals surface area contributed by atoms with Crippen molar-refractivity contribution in [2.45, 2.75) is 11.8 Å². The van der Waals surface area contributed by atoms with Gasteiger partial charge < -0.3 is 5.32 Å². The Bertz CT molecular complexity index is 630. The molecule has 20 heavy (non-hydrogen) atoms. The summed E-state index contributed by atoms with van der Waals surface area (Å²) < 4.78 is 27.4. The van der Waals surface area contributed by atoms with E-state index < -0.39 is 27.2 Å². The van der Waals surface area contributed by atoms with Crippen molar-refractivity contribution in [3.8, 4) is 0 Å². The second kappa shape index (κ2) is 6.06. The highest BCUT2D eigenvalue weighted by Crippen LogP contribution is 2.08. The third kappa shape index (κ3) is 3.67. The van der Waals surface area contributed by atoms with Gasteiger partial charge in [-0.05, 0) is 40.3 Å². The van der Waals surface area contributed by atoms with E-state index in [1.807, 2.05) is 17.4 Å². The number of carbonyl (C=O) groups is 2. The first-order valence-electron chi connectivity index (χ1n) is 5.70. The van der Waals surface area contributed by atoms with Gasteiger partial charge in [-0.2, -0.15) is 0 Å². The Morgan fingerprint density at radius 3 is 2.50 bits per heavy atom. The molecule has 108 valence electrons. The lowest BCUT2D eigenvalue weighted by Crippen LogP contribution is -2.59. The van der Waals surface area contributed by atoms with Gasteiger partial charge in [0.05, 0.1) is 0 Å². The van der Waals surface area contributed by atoms with Crippen LogP contribution in [0.1, 0.15) is 5.56 Å². The van der Waals surface area contributed by atoms with Crippen molar-refractivity contribution in [1.82, 2.24) is 15.4 Å². The molecule has 1 atom stereocenters. The number of benzene rings is 1. The predicted molar refractivity (Wildman–Crippen MR) is 80.2 cm³/mol. The highest BCUT2D eigenvalue weighted by molar-refractivity contribution is 14.1. The van der Waals surface area contributed by atoms with Crippen molar-refractivity contribution >= 4 is 44.6 Å². The van der Waals surface area contributed by atoms with Crippen LogP contribution < -0.4 is 15.4 Å². The van der Waals surface area contributed by atoms with Crippen molar-refractivity contribution in [2.24, 2.45) is 0 Å². The molecule has 0 bridgehead atoms. The van der Waals surface area contributed by atoms with Crippen LogP contribution in [0.5, 0.6) is 0 Å². The van der Waals surface area contributed by atoms with E-state index in [-0.39, 0.29) is 13.1 Å². The van der Waals surface area contributed by atoms with Gasteiger partial charge in [-0.15, -0.1) is 0 Å². The maximum atomic E-state index is 12.0. The lowest BCUT2D eigenvalue weighted by molar-refractivity contribution is -0.120. The predicted octanol–water partition coefficient (Wildman–Crippen LogP) is -0.0814. The van der Waals surface area contributed by atoms with E-state index in [0.717, 1.165) is 9.13 Å². The summed E-state index contributed by atoms with van der Waals surface area (Å²) in [6, 6.07) is 6.63. The quantitative estimate of drug-likeness (QED) is 0.606. The van der Waals surface area contributed by atoms with Crippen molar-refractivity contribution < 1.29 is 18.0 Å². The van der Waals surface area contributed by atoms with Crippen LogP contribution in [0.2, 0.25) is 0 Å². The molecule has 1 heterocycles. The zero-order valence-electron chi connectivity index (χ0n) is 10.2. The molecule has 0 aromatic heterocycles. The fourth-order valence-corrected chi connectivity index (χ4v) is 3.22. The number of rotatable bonds is 4. The minimum absolute atomic E-state index is 0.0942. The summed E-state index contributed by atoms with van der Waals surface area (Å²) >= 11 is 2.15. The number of hydrogen-bond acceptors (Lipinski definition) is 4. The monoisotopic (exact) mass is 409 g/mol. The zero-order valence-corrected chi connectivity index (χ0v) is 13.2. The Balaban J connectivity index is 2.02. The topological polar surface area (TPSA) is 104 Å². The van der Waals surface area contributed by atoms with E-state index >= 15 is 0 Å². The third-order valence-electron chi connectivity index (χ3n) is 2.74. The second-order valence-electron chi connectivity index (χ2n) is 4.18. The minimum Gasteiger partial charge on any atom is -0.336 e. The van der Waals surface area contributed by atoms with Crippen LogP contribution in [-0.2, 0) is 21.4 Å². The Labute approximate surface area is 129 Å². The first-order chi connectivity index (χ1) is 9.38. The Kier molecular flexibility index (Phi) is 4.60. The van der Waals surface area contributed by atoms with Crippen LogP contribution in [0.3, 0.4) is 0 Å². The Morgan fingerprint density at radius 2 is 1.90 bits per heavy atom. The molecule has 3 amide bonds. The minimum atomic E-state index is -3.84. The summed E-state index contributed by atoms with van der Waals surface area (Å²) in [6.45, 7) is -0.135. The molecule has 7 nitrogen and oxygen atoms in total. The lowest BCUT2D eigenvalue weighted by atomic mass is 10.2. The van der Waals surface area contributed by atoms with Crippen LogP contribution in [0.15, 0.2) is 24.3 Å². The average molecular weight is 409 g/mol. The summed E-state index contributed by atoms with van der Waals surface area (Å²) in [5.74, 6) is -0.816. The van der Waals surface area contributed by atoms with E-state index in [0.29, 0.717) is 0 Å². The SMILES string of the molecule is O=C1NCC(S(=O)(=O)NCc2ccc(I)cc2)C(=O)N1. The zero-order chi connectivity index (χ0) is 14.8. The molecule has 0 aliphatic carbocycles. The normalized spacial score (nSPS) is 19.4. The summed E-state index contributed by atoms with van der Waals surface area (Å²) in [6.07, 6.45) is 0. The third-order valence-corrected chi connectivity index (χ3v) is 5.14. The summed E-state index contributed by atoms with van der Waals surface area (Å²) in [5.41, 5.74) is 0.786. The number of amides is 3. The molecule has 0 spiro atoms. The average Bonchev–Trinajstić information content (AvgIpc) is 2.37.